The van der Waals surface area contributed by atoms with Crippen LogP contribution in [0.4, 0.5) is 5.69 Å². The Morgan fingerprint density at radius 2 is 1.72 bits per heavy atom. The minimum Gasteiger partial charge on any atom is -0.444 e. The molecule has 3 aromatic rings. The van der Waals surface area contributed by atoms with Crippen molar-refractivity contribution < 1.29 is 14.0 Å². The van der Waals surface area contributed by atoms with Crippen molar-refractivity contribution in [2.45, 2.75) is 19.3 Å². The average Bonchev–Trinajstić information content (AvgIpc) is 3.20. The summed E-state index contributed by atoms with van der Waals surface area (Å²) in [5.41, 5.74) is 2.16. The van der Waals surface area contributed by atoms with Gasteiger partial charge in [-0.15, -0.1) is 0 Å². The highest BCUT2D eigenvalue weighted by Gasteiger charge is 2.22. The summed E-state index contributed by atoms with van der Waals surface area (Å²) in [7, 11) is 1.63. The van der Waals surface area contributed by atoms with E-state index in [2.05, 4.69) is 40.3 Å². The minimum absolute atomic E-state index is 0.199. The molecule has 29 heavy (non-hydrogen) atoms. The number of para-hydroxylation sites is 1. The summed E-state index contributed by atoms with van der Waals surface area (Å²) in [5.74, 6) is -0.112. The van der Waals surface area contributed by atoms with Crippen LogP contribution in [-0.2, 0) is 0 Å². The van der Waals surface area contributed by atoms with E-state index in [-0.39, 0.29) is 23.5 Å². The zero-order valence-corrected chi connectivity index (χ0v) is 18.0. The first kappa shape index (κ1) is 20.9. The normalized spacial score (nSPS) is 11.7. The van der Waals surface area contributed by atoms with Gasteiger partial charge in [0.2, 0.25) is 0 Å². The van der Waals surface area contributed by atoms with Crippen LogP contribution >= 0.6 is 15.9 Å². The highest BCUT2D eigenvalue weighted by atomic mass is 79.9. The number of rotatable bonds is 7. The first-order valence-electron chi connectivity index (χ1n) is 9.46. The summed E-state index contributed by atoms with van der Waals surface area (Å²) in [5, 5.41) is 3.02. The highest BCUT2D eigenvalue weighted by molar-refractivity contribution is 9.10. The lowest BCUT2D eigenvalue weighted by Gasteiger charge is -2.21. The average molecular weight is 455 g/mol. The topological polar surface area (TPSA) is 62.6 Å². The molecule has 1 N–H and O–H groups in total. The lowest BCUT2D eigenvalue weighted by atomic mass is 9.96. The van der Waals surface area contributed by atoms with Gasteiger partial charge in [-0.3, -0.25) is 9.59 Å². The van der Waals surface area contributed by atoms with Crippen molar-refractivity contribution in [3.8, 4) is 0 Å². The number of amides is 2. The van der Waals surface area contributed by atoms with Gasteiger partial charge in [0.15, 0.2) is 10.4 Å². The SMILES string of the molecule is CCC(CNC(=O)c1ccccc1N(C)C(=O)c1ccc(Br)o1)c1ccccc1. The Bertz CT molecular complexity index is 985. The lowest BCUT2D eigenvalue weighted by Crippen LogP contribution is -2.32. The van der Waals surface area contributed by atoms with E-state index in [1.165, 1.54) is 10.5 Å². The molecule has 0 radical (unpaired) electrons. The molecule has 150 valence electrons. The molecule has 1 unspecified atom stereocenters. The number of nitrogens with zero attached hydrogens (tertiary/aromatic N) is 1. The molecule has 0 spiro atoms. The van der Waals surface area contributed by atoms with Crippen LogP contribution in [0.1, 0.15) is 45.7 Å². The Morgan fingerprint density at radius 3 is 2.38 bits per heavy atom. The third-order valence-electron chi connectivity index (χ3n) is 4.87. The molecule has 0 aliphatic carbocycles. The van der Waals surface area contributed by atoms with E-state index in [0.29, 0.717) is 22.5 Å². The van der Waals surface area contributed by atoms with Gasteiger partial charge in [0.05, 0.1) is 11.3 Å². The summed E-state index contributed by atoms with van der Waals surface area (Å²) < 4.78 is 5.83. The lowest BCUT2D eigenvalue weighted by molar-refractivity contribution is 0.0951. The summed E-state index contributed by atoms with van der Waals surface area (Å²) in [6.07, 6.45) is 0.914. The Kier molecular flexibility index (Phi) is 6.88. The molecule has 0 fully saturated rings. The maximum Gasteiger partial charge on any atom is 0.293 e. The van der Waals surface area contributed by atoms with Crippen LogP contribution in [0.2, 0.25) is 0 Å². The monoisotopic (exact) mass is 454 g/mol. The Morgan fingerprint density at radius 1 is 1.03 bits per heavy atom. The van der Waals surface area contributed by atoms with Gasteiger partial charge in [0.1, 0.15) is 0 Å². The predicted molar refractivity (Wildman–Crippen MR) is 117 cm³/mol. The largest absolute Gasteiger partial charge is 0.444 e. The first-order valence-corrected chi connectivity index (χ1v) is 10.3. The van der Waals surface area contributed by atoms with Crippen LogP contribution in [-0.4, -0.2) is 25.4 Å². The van der Waals surface area contributed by atoms with Gasteiger partial charge in [-0.1, -0.05) is 49.4 Å². The van der Waals surface area contributed by atoms with Crippen molar-refractivity contribution in [2.75, 3.05) is 18.5 Å². The molecule has 1 atom stereocenters. The van der Waals surface area contributed by atoms with E-state index >= 15 is 0 Å². The fourth-order valence-electron chi connectivity index (χ4n) is 3.20. The van der Waals surface area contributed by atoms with Gasteiger partial charge in [0.25, 0.3) is 11.8 Å². The number of nitrogens with one attached hydrogen (secondary N) is 1. The Hall–Kier alpha value is -2.86. The van der Waals surface area contributed by atoms with Crippen molar-refractivity contribution in [3.63, 3.8) is 0 Å². The number of hydrogen-bond acceptors (Lipinski definition) is 3. The van der Waals surface area contributed by atoms with Gasteiger partial charge >= 0.3 is 0 Å². The van der Waals surface area contributed by atoms with Crippen LogP contribution in [0.25, 0.3) is 0 Å². The summed E-state index contributed by atoms with van der Waals surface area (Å²) in [6.45, 7) is 2.63. The van der Waals surface area contributed by atoms with Gasteiger partial charge < -0.3 is 14.6 Å². The zero-order valence-electron chi connectivity index (χ0n) is 16.4. The fourth-order valence-corrected chi connectivity index (χ4v) is 3.50. The molecular weight excluding hydrogens is 432 g/mol. The molecule has 3 rings (SSSR count). The molecule has 2 aromatic carbocycles. The standard InChI is InChI=1S/C23H23BrN2O3/c1-3-16(17-9-5-4-6-10-17)15-25-22(27)18-11-7-8-12-19(18)26(2)23(28)20-13-14-21(24)29-20/h4-14,16H,3,15H2,1-2H3,(H,25,27). The number of anilines is 1. The van der Waals surface area contributed by atoms with Crippen LogP contribution in [0.15, 0.2) is 75.8 Å². The van der Waals surface area contributed by atoms with Crippen molar-refractivity contribution in [1.82, 2.24) is 5.32 Å². The molecule has 0 saturated heterocycles. The maximum atomic E-state index is 12.9. The molecule has 6 heteroatoms. The van der Waals surface area contributed by atoms with E-state index in [1.54, 1.807) is 43.4 Å². The van der Waals surface area contributed by atoms with E-state index in [1.807, 2.05) is 18.2 Å². The van der Waals surface area contributed by atoms with E-state index in [9.17, 15) is 9.59 Å². The number of carbonyl (C=O) groups is 2. The summed E-state index contributed by atoms with van der Waals surface area (Å²) in [6, 6.07) is 20.4. The third kappa shape index (κ3) is 4.95. The van der Waals surface area contributed by atoms with Gasteiger partial charge in [-0.05, 0) is 52.2 Å². The molecule has 2 amide bonds. The van der Waals surface area contributed by atoms with Crippen LogP contribution < -0.4 is 10.2 Å². The Balaban J connectivity index is 1.75. The Labute approximate surface area is 178 Å². The minimum atomic E-state index is -0.327. The van der Waals surface area contributed by atoms with Crippen LogP contribution in [0.5, 0.6) is 0 Å². The second kappa shape index (κ2) is 9.56. The molecule has 0 bridgehead atoms. The smallest absolute Gasteiger partial charge is 0.293 e. The number of halogens is 1. The van der Waals surface area contributed by atoms with Crippen molar-refractivity contribution in [1.29, 1.82) is 0 Å². The number of benzene rings is 2. The first-order chi connectivity index (χ1) is 14.0. The molecule has 0 aliphatic heterocycles. The molecular formula is C23H23BrN2O3. The molecule has 1 aromatic heterocycles. The molecule has 0 saturated carbocycles. The van der Waals surface area contributed by atoms with Gasteiger partial charge in [-0.2, -0.15) is 0 Å². The van der Waals surface area contributed by atoms with Crippen LogP contribution in [0.3, 0.4) is 0 Å². The summed E-state index contributed by atoms with van der Waals surface area (Å²) in [4.78, 5) is 27.0. The second-order valence-electron chi connectivity index (χ2n) is 6.71. The van der Waals surface area contributed by atoms with E-state index in [0.717, 1.165) is 6.42 Å². The van der Waals surface area contributed by atoms with Crippen molar-refractivity contribution in [2.24, 2.45) is 0 Å². The number of hydrogen-bond donors (Lipinski definition) is 1. The van der Waals surface area contributed by atoms with Gasteiger partial charge in [0, 0.05) is 19.5 Å². The molecule has 5 nitrogen and oxygen atoms in total. The van der Waals surface area contributed by atoms with Crippen LogP contribution in [0, 0.1) is 0 Å². The van der Waals surface area contributed by atoms with E-state index in [4.69, 9.17) is 4.42 Å². The van der Waals surface area contributed by atoms with Crippen molar-refractivity contribution >= 4 is 33.4 Å². The predicted octanol–water partition coefficient (Wildman–Crippen LogP) is 5.24. The second-order valence-corrected chi connectivity index (χ2v) is 7.49. The molecule has 0 aliphatic rings. The number of furan rings is 1. The zero-order chi connectivity index (χ0) is 20.8. The number of carbonyl (C=O) groups excluding carboxylic acids is 2. The van der Waals surface area contributed by atoms with E-state index < -0.39 is 0 Å². The molecule has 1 heterocycles. The quantitative estimate of drug-likeness (QED) is 0.530. The maximum absolute atomic E-state index is 12.9. The third-order valence-corrected chi connectivity index (χ3v) is 5.30. The highest BCUT2D eigenvalue weighted by Crippen LogP contribution is 2.24. The fraction of sp³-hybridized carbons (Fsp3) is 0.217. The van der Waals surface area contributed by atoms with Crippen molar-refractivity contribution in [3.05, 3.63) is 88.3 Å². The van der Waals surface area contributed by atoms with Gasteiger partial charge in [-0.25, -0.2) is 0 Å². The summed E-state index contributed by atoms with van der Waals surface area (Å²) >= 11 is 3.20.